The monoisotopic (exact) mass is 666 g/mol. The zero-order valence-electron chi connectivity index (χ0n) is 27.1. The summed E-state index contributed by atoms with van der Waals surface area (Å²) in [5.41, 5.74) is 0. The quantitative estimate of drug-likeness (QED) is 0.121. The van der Waals surface area contributed by atoms with E-state index in [1.54, 1.807) is 0 Å². The first-order chi connectivity index (χ1) is 23.3. The average Bonchev–Trinajstić information content (AvgIpc) is 3.17. The highest BCUT2D eigenvalue weighted by Crippen LogP contribution is 2.71. The van der Waals surface area contributed by atoms with Crippen LogP contribution in [0.15, 0.2) is 182 Å². The molecule has 47 heavy (non-hydrogen) atoms. The van der Waals surface area contributed by atoms with Crippen molar-refractivity contribution in [1.82, 2.24) is 0 Å². The fourth-order valence-electron chi connectivity index (χ4n) is 7.76. The van der Waals surface area contributed by atoms with Crippen molar-refractivity contribution in [2.75, 3.05) is 12.3 Å². The van der Waals surface area contributed by atoms with Gasteiger partial charge in [-0.2, -0.15) is 0 Å². The summed E-state index contributed by atoms with van der Waals surface area (Å²) in [6.07, 6.45) is 7.92. The normalized spacial score (nSPS) is 17.1. The van der Waals surface area contributed by atoms with E-state index >= 15 is 0 Å². The van der Waals surface area contributed by atoms with Crippen LogP contribution in [0.25, 0.3) is 0 Å². The van der Waals surface area contributed by atoms with E-state index in [-0.39, 0.29) is 0 Å². The summed E-state index contributed by atoms with van der Waals surface area (Å²) >= 11 is 0. The van der Waals surface area contributed by atoms with Crippen LogP contribution in [0.1, 0.15) is 25.7 Å². The lowest BCUT2D eigenvalue weighted by molar-refractivity contribution is 0.314. The molecule has 1 atom stereocenters. The number of rotatable bonds is 11. The zero-order chi connectivity index (χ0) is 31.8. The molecule has 0 bridgehead atoms. The molecule has 0 spiro atoms. The van der Waals surface area contributed by atoms with E-state index in [4.69, 9.17) is 0 Å². The van der Waals surface area contributed by atoms with E-state index in [1.165, 1.54) is 69.8 Å². The Kier molecular flexibility index (Phi) is 10.4. The van der Waals surface area contributed by atoms with Gasteiger partial charge in [-0.05, 0) is 110 Å². The molecule has 7 rings (SSSR count). The third kappa shape index (κ3) is 6.81. The summed E-state index contributed by atoms with van der Waals surface area (Å²) in [4.78, 5) is 0. The second-order valence-corrected chi connectivity index (χ2v) is 23.0. The minimum atomic E-state index is -1.80. The van der Waals surface area contributed by atoms with Crippen molar-refractivity contribution in [2.45, 2.75) is 25.7 Å². The Balaban J connectivity index is 1.15. The maximum Gasteiger partial charge on any atom is 0.127 e. The van der Waals surface area contributed by atoms with Crippen molar-refractivity contribution in [2.24, 2.45) is 11.8 Å². The lowest BCUT2D eigenvalue weighted by Crippen LogP contribution is -2.36. The lowest BCUT2D eigenvalue weighted by Gasteiger charge is -2.35. The Labute approximate surface area is 285 Å². The molecule has 0 saturated heterocycles. The standard InChI is InChI=1S/C44H45P3/c1-7-19-39(20-8-1)46(40-21-9-2-10-22-40,41-23-11-3-12-24-41)36-38-33-31-37(32-34-38)35-45-47(42-25-13-4-14-26-42,43-27-15-5-16-28-43)44-29-17-6-18-30-44/h1-30,37-38,45H,31-36H2/q+2. The van der Waals surface area contributed by atoms with Gasteiger partial charge in [-0.1, -0.05) is 109 Å². The van der Waals surface area contributed by atoms with Gasteiger partial charge in [0.05, 0.1) is 14.4 Å². The van der Waals surface area contributed by atoms with Crippen LogP contribution in [0.3, 0.4) is 0 Å². The van der Waals surface area contributed by atoms with Gasteiger partial charge in [0.15, 0.2) is 0 Å². The van der Waals surface area contributed by atoms with Crippen LogP contribution >= 0.6 is 22.5 Å². The number of benzene rings is 6. The maximum absolute atomic E-state index is 2.40. The van der Waals surface area contributed by atoms with Crippen molar-refractivity contribution in [3.8, 4) is 0 Å². The van der Waals surface area contributed by atoms with Crippen molar-refractivity contribution < 1.29 is 0 Å². The summed E-state index contributed by atoms with van der Waals surface area (Å²) in [5.74, 6) is 1.53. The summed E-state index contributed by atoms with van der Waals surface area (Å²) in [6.45, 7) is -1.76. The lowest BCUT2D eigenvalue weighted by atomic mass is 9.84. The molecule has 1 unspecified atom stereocenters. The summed E-state index contributed by atoms with van der Waals surface area (Å²) in [5, 5.41) is 9.12. The minimum Gasteiger partial charge on any atom is -0.0620 e. The van der Waals surface area contributed by atoms with Gasteiger partial charge in [0.1, 0.15) is 46.0 Å². The Morgan fingerprint density at radius 2 is 0.638 bits per heavy atom. The molecule has 0 radical (unpaired) electrons. The first-order valence-corrected chi connectivity index (χ1v) is 23.0. The van der Waals surface area contributed by atoms with Gasteiger partial charge in [0.25, 0.3) is 0 Å². The molecule has 1 aliphatic carbocycles. The molecule has 1 fully saturated rings. The van der Waals surface area contributed by atoms with Crippen LogP contribution in [-0.2, 0) is 0 Å². The number of hydrogen-bond acceptors (Lipinski definition) is 0. The van der Waals surface area contributed by atoms with E-state index in [2.05, 4.69) is 182 Å². The second kappa shape index (κ2) is 15.2. The summed E-state index contributed by atoms with van der Waals surface area (Å²) < 4.78 is 0. The highest BCUT2D eigenvalue weighted by Gasteiger charge is 2.48. The maximum atomic E-state index is 2.40. The molecule has 6 aromatic carbocycles. The molecule has 1 aliphatic rings. The van der Waals surface area contributed by atoms with Crippen LogP contribution < -0.4 is 31.8 Å². The highest BCUT2D eigenvalue weighted by molar-refractivity contribution is 8.42. The largest absolute Gasteiger partial charge is 0.127 e. The molecule has 6 aromatic rings. The molecule has 0 aliphatic heterocycles. The molecule has 0 nitrogen and oxygen atoms in total. The minimum absolute atomic E-state index is 0.737. The van der Waals surface area contributed by atoms with Crippen molar-refractivity contribution >= 4 is 54.3 Å². The molecule has 0 heterocycles. The highest BCUT2D eigenvalue weighted by atomic mass is 32.1. The Morgan fingerprint density at radius 1 is 0.362 bits per heavy atom. The van der Waals surface area contributed by atoms with Gasteiger partial charge in [0, 0.05) is 6.16 Å². The van der Waals surface area contributed by atoms with Gasteiger partial charge in [-0.3, -0.25) is 0 Å². The molecular weight excluding hydrogens is 621 g/mol. The van der Waals surface area contributed by atoms with Gasteiger partial charge in [0.2, 0.25) is 0 Å². The smallest absolute Gasteiger partial charge is 0.0620 e. The molecule has 0 aromatic heterocycles. The fourth-order valence-corrected chi connectivity index (χ4v) is 21.3. The zero-order valence-corrected chi connectivity index (χ0v) is 29.9. The Morgan fingerprint density at radius 3 is 0.957 bits per heavy atom. The molecule has 0 N–H and O–H groups in total. The van der Waals surface area contributed by atoms with Crippen molar-refractivity contribution in [3.05, 3.63) is 182 Å². The van der Waals surface area contributed by atoms with Gasteiger partial charge in [-0.25, -0.2) is 0 Å². The average molecular weight is 667 g/mol. The van der Waals surface area contributed by atoms with Crippen LogP contribution in [0.5, 0.6) is 0 Å². The molecule has 3 heteroatoms. The molecule has 234 valence electrons. The van der Waals surface area contributed by atoms with Gasteiger partial charge in [-0.15, -0.1) is 0 Å². The Bertz CT molecular complexity index is 1590. The van der Waals surface area contributed by atoms with Gasteiger partial charge < -0.3 is 0 Å². The van der Waals surface area contributed by atoms with E-state index in [0.717, 1.165) is 20.1 Å². The third-order valence-corrected chi connectivity index (χ3v) is 23.5. The first kappa shape index (κ1) is 32.2. The van der Waals surface area contributed by atoms with Crippen LogP contribution in [-0.4, -0.2) is 12.3 Å². The van der Waals surface area contributed by atoms with Crippen LogP contribution in [0, 0.1) is 11.8 Å². The van der Waals surface area contributed by atoms with Gasteiger partial charge >= 0.3 is 0 Å². The molecular formula is C44H45P3+2. The predicted molar refractivity (Wildman–Crippen MR) is 214 cm³/mol. The van der Waals surface area contributed by atoms with Crippen molar-refractivity contribution in [1.29, 1.82) is 0 Å². The predicted octanol–water partition coefficient (Wildman–Crippen LogP) is 9.37. The molecule has 1 saturated carbocycles. The topological polar surface area (TPSA) is 0 Å². The second-order valence-electron chi connectivity index (χ2n) is 12.9. The summed E-state index contributed by atoms with van der Waals surface area (Å²) in [7, 11) is -0.907. The third-order valence-electron chi connectivity index (χ3n) is 10.1. The first-order valence-electron chi connectivity index (χ1n) is 17.1. The van der Waals surface area contributed by atoms with Crippen molar-refractivity contribution in [3.63, 3.8) is 0 Å². The van der Waals surface area contributed by atoms with E-state index in [1.807, 2.05) is 0 Å². The van der Waals surface area contributed by atoms with Crippen LogP contribution in [0.2, 0.25) is 0 Å². The molecule has 0 amide bonds. The number of hydrogen-bond donors (Lipinski definition) is 0. The summed E-state index contributed by atoms with van der Waals surface area (Å²) in [6, 6.07) is 68.8. The Hall–Kier alpha value is -3.39. The van der Waals surface area contributed by atoms with E-state index in [9.17, 15) is 0 Å². The van der Waals surface area contributed by atoms with E-state index < -0.39 is 14.2 Å². The fraction of sp³-hybridized carbons (Fsp3) is 0.182. The SMILES string of the molecule is c1ccc([P+](CC2CCC(CP[P+](c3ccccc3)(c3ccccc3)c3ccccc3)CC2)(c2ccccc2)c2ccccc2)cc1. The van der Waals surface area contributed by atoms with E-state index in [0.29, 0.717) is 0 Å². The van der Waals surface area contributed by atoms with Crippen LogP contribution in [0.4, 0.5) is 0 Å².